The standard InChI is InChI=1S/C15H21N3O4/c1-10-3-4-11(2)15(5-10)22-9-14-13(8-20)16-17-18(14)6-12(21)7-19/h3-5,12,19-21H,6-9H2,1-2H3. The van der Waals surface area contributed by atoms with E-state index in [1.807, 2.05) is 32.0 Å². The summed E-state index contributed by atoms with van der Waals surface area (Å²) >= 11 is 0. The summed E-state index contributed by atoms with van der Waals surface area (Å²) in [6.07, 6.45) is -0.937. The minimum atomic E-state index is -0.937. The van der Waals surface area contributed by atoms with Crippen LogP contribution >= 0.6 is 0 Å². The molecule has 0 amide bonds. The van der Waals surface area contributed by atoms with Crippen molar-refractivity contribution in [2.75, 3.05) is 6.61 Å². The lowest BCUT2D eigenvalue weighted by Crippen LogP contribution is -2.22. The molecule has 1 aromatic carbocycles. The molecule has 1 atom stereocenters. The molecule has 1 heterocycles. The summed E-state index contributed by atoms with van der Waals surface area (Å²) in [6.45, 7) is 3.56. The molecule has 0 aliphatic rings. The van der Waals surface area contributed by atoms with Gasteiger partial charge in [0.15, 0.2) is 0 Å². The highest BCUT2D eigenvalue weighted by molar-refractivity contribution is 5.36. The van der Waals surface area contributed by atoms with Gasteiger partial charge in [0, 0.05) is 0 Å². The van der Waals surface area contributed by atoms with Crippen molar-refractivity contribution >= 4 is 0 Å². The highest BCUT2D eigenvalue weighted by Crippen LogP contribution is 2.21. The summed E-state index contributed by atoms with van der Waals surface area (Å²) in [5.74, 6) is 0.749. The average Bonchev–Trinajstić information content (AvgIpc) is 2.89. The predicted octanol–water partition coefficient (Wildman–Crippen LogP) is 0.319. The third-order valence-electron chi connectivity index (χ3n) is 3.37. The van der Waals surface area contributed by atoms with Crippen LogP contribution in [-0.2, 0) is 19.8 Å². The molecular weight excluding hydrogens is 286 g/mol. The summed E-state index contributed by atoms with van der Waals surface area (Å²) < 4.78 is 7.25. The van der Waals surface area contributed by atoms with E-state index in [9.17, 15) is 10.2 Å². The fourth-order valence-electron chi connectivity index (χ4n) is 2.06. The first-order chi connectivity index (χ1) is 10.5. The topological polar surface area (TPSA) is 101 Å². The largest absolute Gasteiger partial charge is 0.487 e. The first-order valence-corrected chi connectivity index (χ1v) is 7.06. The zero-order chi connectivity index (χ0) is 16.1. The van der Waals surface area contributed by atoms with Crippen LogP contribution in [-0.4, -0.2) is 43.0 Å². The van der Waals surface area contributed by atoms with Crippen LogP contribution in [0.3, 0.4) is 0 Å². The Balaban J connectivity index is 2.17. The molecule has 2 rings (SSSR count). The van der Waals surface area contributed by atoms with Crippen molar-refractivity contribution in [2.45, 2.75) is 39.7 Å². The first-order valence-electron chi connectivity index (χ1n) is 7.06. The van der Waals surface area contributed by atoms with Crippen LogP contribution in [0.5, 0.6) is 5.75 Å². The molecule has 22 heavy (non-hydrogen) atoms. The Morgan fingerprint density at radius 3 is 2.73 bits per heavy atom. The van der Waals surface area contributed by atoms with E-state index in [1.54, 1.807) is 0 Å². The summed E-state index contributed by atoms with van der Waals surface area (Å²) in [6, 6.07) is 5.91. The van der Waals surface area contributed by atoms with Gasteiger partial charge < -0.3 is 20.1 Å². The second kappa shape index (κ2) is 7.35. The van der Waals surface area contributed by atoms with Crippen LogP contribution in [0.2, 0.25) is 0 Å². The molecule has 7 nitrogen and oxygen atoms in total. The maximum absolute atomic E-state index is 9.54. The number of hydrogen-bond acceptors (Lipinski definition) is 6. The molecule has 0 bridgehead atoms. The lowest BCUT2D eigenvalue weighted by molar-refractivity contribution is 0.0760. The number of rotatable bonds is 7. The lowest BCUT2D eigenvalue weighted by atomic mass is 10.1. The van der Waals surface area contributed by atoms with E-state index in [0.29, 0.717) is 11.4 Å². The van der Waals surface area contributed by atoms with Crippen LogP contribution in [0.4, 0.5) is 0 Å². The number of hydrogen-bond donors (Lipinski definition) is 3. The third-order valence-corrected chi connectivity index (χ3v) is 3.37. The van der Waals surface area contributed by atoms with E-state index in [-0.39, 0.29) is 26.4 Å². The molecule has 0 aliphatic carbocycles. The Morgan fingerprint density at radius 2 is 2.05 bits per heavy atom. The fourth-order valence-corrected chi connectivity index (χ4v) is 2.06. The third kappa shape index (κ3) is 3.82. The van der Waals surface area contributed by atoms with Crippen LogP contribution in [0.25, 0.3) is 0 Å². The minimum Gasteiger partial charge on any atom is -0.487 e. The van der Waals surface area contributed by atoms with Crippen molar-refractivity contribution < 1.29 is 20.1 Å². The predicted molar refractivity (Wildman–Crippen MR) is 79.3 cm³/mol. The number of benzene rings is 1. The molecule has 7 heteroatoms. The average molecular weight is 307 g/mol. The van der Waals surface area contributed by atoms with Gasteiger partial charge in [0.05, 0.1) is 25.9 Å². The lowest BCUT2D eigenvalue weighted by Gasteiger charge is -2.13. The SMILES string of the molecule is Cc1ccc(C)c(OCc2c(CO)nnn2CC(O)CO)c1. The molecule has 1 unspecified atom stereocenters. The summed E-state index contributed by atoms with van der Waals surface area (Å²) in [5, 5.41) is 35.6. The zero-order valence-corrected chi connectivity index (χ0v) is 12.7. The van der Waals surface area contributed by atoms with E-state index < -0.39 is 6.10 Å². The fraction of sp³-hybridized carbons (Fsp3) is 0.467. The van der Waals surface area contributed by atoms with Gasteiger partial charge in [0.1, 0.15) is 23.7 Å². The molecule has 0 spiro atoms. The van der Waals surface area contributed by atoms with E-state index in [4.69, 9.17) is 9.84 Å². The molecule has 3 N–H and O–H groups in total. The van der Waals surface area contributed by atoms with E-state index in [0.717, 1.165) is 16.9 Å². The molecular formula is C15H21N3O4. The number of aromatic nitrogens is 3. The van der Waals surface area contributed by atoms with Gasteiger partial charge in [0.25, 0.3) is 0 Å². The van der Waals surface area contributed by atoms with Crippen LogP contribution in [0, 0.1) is 13.8 Å². The smallest absolute Gasteiger partial charge is 0.132 e. The van der Waals surface area contributed by atoms with Gasteiger partial charge in [-0.3, -0.25) is 0 Å². The summed E-state index contributed by atoms with van der Waals surface area (Å²) in [7, 11) is 0. The first kappa shape index (κ1) is 16.4. The number of nitrogens with zero attached hydrogens (tertiary/aromatic N) is 3. The molecule has 0 fully saturated rings. The van der Waals surface area contributed by atoms with Gasteiger partial charge in [-0.25, -0.2) is 4.68 Å². The highest BCUT2D eigenvalue weighted by Gasteiger charge is 2.16. The number of ether oxygens (including phenoxy) is 1. The monoisotopic (exact) mass is 307 g/mol. The zero-order valence-electron chi connectivity index (χ0n) is 12.7. The Bertz CT molecular complexity index is 627. The van der Waals surface area contributed by atoms with Gasteiger partial charge >= 0.3 is 0 Å². The van der Waals surface area contributed by atoms with Gasteiger partial charge in [-0.2, -0.15) is 0 Å². The van der Waals surface area contributed by atoms with Crippen LogP contribution in [0.1, 0.15) is 22.5 Å². The van der Waals surface area contributed by atoms with Gasteiger partial charge in [-0.05, 0) is 31.0 Å². The normalized spacial score (nSPS) is 12.4. The molecule has 2 aromatic rings. The Hall–Kier alpha value is -1.96. The Labute approximate surface area is 128 Å². The number of aliphatic hydroxyl groups excluding tert-OH is 3. The maximum atomic E-state index is 9.54. The second-order valence-corrected chi connectivity index (χ2v) is 5.22. The minimum absolute atomic E-state index is 0.0923. The van der Waals surface area contributed by atoms with E-state index in [2.05, 4.69) is 10.3 Å². The molecule has 0 saturated heterocycles. The quantitative estimate of drug-likeness (QED) is 0.681. The second-order valence-electron chi connectivity index (χ2n) is 5.22. The van der Waals surface area contributed by atoms with Crippen LogP contribution < -0.4 is 4.74 Å². The summed E-state index contributed by atoms with van der Waals surface area (Å²) in [4.78, 5) is 0. The Morgan fingerprint density at radius 1 is 1.27 bits per heavy atom. The van der Waals surface area contributed by atoms with Crippen LogP contribution in [0.15, 0.2) is 18.2 Å². The number of aliphatic hydroxyl groups is 3. The van der Waals surface area contributed by atoms with E-state index >= 15 is 0 Å². The molecule has 0 aliphatic heterocycles. The number of aryl methyl sites for hydroxylation is 2. The van der Waals surface area contributed by atoms with Crippen molar-refractivity contribution in [1.82, 2.24) is 15.0 Å². The molecule has 0 saturated carbocycles. The van der Waals surface area contributed by atoms with Crippen molar-refractivity contribution in [1.29, 1.82) is 0 Å². The molecule has 1 aromatic heterocycles. The van der Waals surface area contributed by atoms with Gasteiger partial charge in [-0.15, -0.1) is 5.10 Å². The summed E-state index contributed by atoms with van der Waals surface area (Å²) in [5.41, 5.74) is 3.07. The van der Waals surface area contributed by atoms with Gasteiger partial charge in [-0.1, -0.05) is 17.3 Å². The highest BCUT2D eigenvalue weighted by atomic mass is 16.5. The van der Waals surface area contributed by atoms with Crippen molar-refractivity contribution in [3.05, 3.63) is 40.7 Å². The van der Waals surface area contributed by atoms with Gasteiger partial charge in [0.2, 0.25) is 0 Å². The Kier molecular flexibility index (Phi) is 5.48. The van der Waals surface area contributed by atoms with Crippen molar-refractivity contribution in [3.63, 3.8) is 0 Å². The van der Waals surface area contributed by atoms with Crippen molar-refractivity contribution in [3.8, 4) is 5.75 Å². The maximum Gasteiger partial charge on any atom is 0.132 e. The van der Waals surface area contributed by atoms with Crippen molar-refractivity contribution in [2.24, 2.45) is 0 Å². The van der Waals surface area contributed by atoms with E-state index in [1.165, 1.54) is 4.68 Å². The molecule has 0 radical (unpaired) electrons. The molecule has 120 valence electrons.